The van der Waals surface area contributed by atoms with Gasteiger partial charge in [0.1, 0.15) is 0 Å². The van der Waals surface area contributed by atoms with E-state index in [2.05, 4.69) is 49.2 Å². The number of allylic oxidation sites excluding steroid dienone is 2. The average Bonchev–Trinajstić information content (AvgIpc) is 2.84. The molecule has 1 heterocycles. The van der Waals surface area contributed by atoms with E-state index in [0.29, 0.717) is 0 Å². The van der Waals surface area contributed by atoms with E-state index in [1.54, 1.807) is 0 Å². The monoisotopic (exact) mass is 255 g/mol. The number of aryl methyl sites for hydroxylation is 1. The van der Waals surface area contributed by atoms with E-state index < -0.39 is 0 Å². The summed E-state index contributed by atoms with van der Waals surface area (Å²) < 4.78 is 0. The molecule has 1 aliphatic carbocycles. The Morgan fingerprint density at radius 2 is 1.95 bits per heavy atom. The number of H-pyrrole nitrogens is 1. The van der Waals surface area contributed by atoms with Gasteiger partial charge in [-0.1, -0.05) is 38.5 Å². The van der Waals surface area contributed by atoms with E-state index in [0.717, 1.165) is 5.92 Å². The number of nitrogens with one attached hydrogen (secondary N) is 1. The van der Waals surface area contributed by atoms with E-state index in [1.807, 2.05) is 13.8 Å². The Balaban J connectivity index is 0.000000637. The van der Waals surface area contributed by atoms with Gasteiger partial charge in [0.25, 0.3) is 0 Å². The maximum absolute atomic E-state index is 3.54. The van der Waals surface area contributed by atoms with Crippen molar-refractivity contribution in [1.82, 2.24) is 4.98 Å². The summed E-state index contributed by atoms with van der Waals surface area (Å²) in [6, 6.07) is 8.89. The van der Waals surface area contributed by atoms with Crippen LogP contribution in [-0.4, -0.2) is 4.98 Å². The Hall–Kier alpha value is -1.50. The van der Waals surface area contributed by atoms with Gasteiger partial charge < -0.3 is 4.98 Å². The average molecular weight is 255 g/mol. The van der Waals surface area contributed by atoms with Crippen molar-refractivity contribution in [2.24, 2.45) is 5.92 Å². The second-order valence-corrected chi connectivity index (χ2v) is 5.38. The molecule has 1 N–H and O–H groups in total. The number of rotatable bonds is 1. The highest BCUT2D eigenvalue weighted by Gasteiger charge is 2.13. The number of hydrogen-bond acceptors (Lipinski definition) is 0. The summed E-state index contributed by atoms with van der Waals surface area (Å²) in [5.41, 5.74) is 5.40. The minimum absolute atomic E-state index is 0.852. The van der Waals surface area contributed by atoms with Crippen LogP contribution in [0, 0.1) is 12.8 Å². The second kappa shape index (κ2) is 6.10. The van der Waals surface area contributed by atoms with E-state index in [4.69, 9.17) is 0 Å². The van der Waals surface area contributed by atoms with Crippen molar-refractivity contribution >= 4 is 16.5 Å². The highest BCUT2D eigenvalue weighted by atomic mass is 14.7. The third-order valence-electron chi connectivity index (χ3n) is 3.80. The van der Waals surface area contributed by atoms with Crippen LogP contribution in [-0.2, 0) is 0 Å². The van der Waals surface area contributed by atoms with Crippen LogP contribution in [0.3, 0.4) is 0 Å². The van der Waals surface area contributed by atoms with Gasteiger partial charge in [-0.05, 0) is 55.9 Å². The van der Waals surface area contributed by atoms with Gasteiger partial charge in [-0.2, -0.15) is 0 Å². The lowest BCUT2D eigenvalue weighted by Gasteiger charge is -2.17. The molecule has 1 nitrogen and oxygen atoms in total. The number of fused-ring (bicyclic) bond motifs is 1. The fraction of sp³-hybridized carbons (Fsp3) is 0.444. The quantitative estimate of drug-likeness (QED) is 0.672. The molecular formula is C18H25N. The molecule has 1 aromatic heterocycles. The molecule has 1 aromatic carbocycles. The van der Waals surface area contributed by atoms with Crippen molar-refractivity contribution in [2.75, 3.05) is 0 Å². The highest BCUT2D eigenvalue weighted by molar-refractivity contribution is 5.85. The van der Waals surface area contributed by atoms with Crippen LogP contribution >= 0.6 is 0 Å². The molecule has 0 saturated carbocycles. The maximum atomic E-state index is 3.54. The number of benzene rings is 1. The Kier molecular flexibility index (Phi) is 4.47. The van der Waals surface area contributed by atoms with Crippen molar-refractivity contribution in [2.45, 2.75) is 47.0 Å². The third kappa shape index (κ3) is 3.09. The molecule has 0 spiro atoms. The molecule has 1 unspecified atom stereocenters. The van der Waals surface area contributed by atoms with Crippen LogP contribution in [0.5, 0.6) is 0 Å². The maximum Gasteiger partial charge on any atom is 0.0458 e. The van der Waals surface area contributed by atoms with Crippen LogP contribution < -0.4 is 0 Å². The predicted molar refractivity (Wildman–Crippen MR) is 85.4 cm³/mol. The molecule has 2 aromatic rings. The van der Waals surface area contributed by atoms with E-state index in [9.17, 15) is 0 Å². The smallest absolute Gasteiger partial charge is 0.0458 e. The zero-order valence-electron chi connectivity index (χ0n) is 12.6. The van der Waals surface area contributed by atoms with Crippen molar-refractivity contribution in [3.05, 3.63) is 41.6 Å². The topological polar surface area (TPSA) is 15.8 Å². The standard InChI is InChI=1S/C16H19N.C2H6/c1-11-3-6-13(7-4-11)16-10-14-9-12(2)5-8-15(14)17-16;1-2/h5-6,8-11,17H,3-4,7H2,1-2H3;1-2H3. The fourth-order valence-electron chi connectivity index (χ4n) is 2.63. The summed E-state index contributed by atoms with van der Waals surface area (Å²) in [5.74, 6) is 0.852. The molecule has 1 aliphatic rings. The predicted octanol–water partition coefficient (Wildman–Crippen LogP) is 5.71. The molecule has 1 atom stereocenters. The second-order valence-electron chi connectivity index (χ2n) is 5.38. The van der Waals surface area contributed by atoms with Crippen molar-refractivity contribution in [3.8, 4) is 0 Å². The molecule has 0 saturated heterocycles. The number of aromatic nitrogens is 1. The summed E-state index contributed by atoms with van der Waals surface area (Å²) in [4.78, 5) is 3.54. The molecule has 0 radical (unpaired) electrons. The fourth-order valence-corrected chi connectivity index (χ4v) is 2.63. The molecule has 0 bridgehead atoms. The van der Waals surface area contributed by atoms with Gasteiger partial charge in [0.05, 0.1) is 0 Å². The summed E-state index contributed by atoms with van der Waals surface area (Å²) in [5, 5.41) is 1.33. The lowest BCUT2D eigenvalue weighted by Crippen LogP contribution is -2.00. The van der Waals surface area contributed by atoms with Crippen LogP contribution in [0.4, 0.5) is 0 Å². The summed E-state index contributed by atoms with van der Waals surface area (Å²) in [7, 11) is 0. The Morgan fingerprint density at radius 1 is 1.16 bits per heavy atom. The first kappa shape index (κ1) is 13.9. The van der Waals surface area contributed by atoms with Gasteiger partial charge >= 0.3 is 0 Å². The van der Waals surface area contributed by atoms with Crippen molar-refractivity contribution in [1.29, 1.82) is 0 Å². The summed E-state index contributed by atoms with van der Waals surface area (Å²) in [6.07, 6.45) is 6.17. The zero-order chi connectivity index (χ0) is 13.8. The SMILES string of the molecule is CC.Cc1ccc2[nH]c(C3=CCC(C)CC3)cc2c1. The van der Waals surface area contributed by atoms with Crippen LogP contribution in [0.1, 0.15) is 51.3 Å². The normalized spacial score (nSPS) is 18.7. The first-order valence-electron chi connectivity index (χ1n) is 7.51. The van der Waals surface area contributed by atoms with Crippen LogP contribution in [0.25, 0.3) is 16.5 Å². The first-order valence-corrected chi connectivity index (χ1v) is 7.51. The van der Waals surface area contributed by atoms with Crippen LogP contribution in [0.2, 0.25) is 0 Å². The van der Waals surface area contributed by atoms with Gasteiger partial charge in [0.2, 0.25) is 0 Å². The first-order chi connectivity index (χ1) is 9.22. The highest BCUT2D eigenvalue weighted by Crippen LogP contribution is 2.31. The Labute approximate surface area is 116 Å². The van der Waals surface area contributed by atoms with Crippen molar-refractivity contribution < 1.29 is 0 Å². The molecule has 19 heavy (non-hydrogen) atoms. The van der Waals surface area contributed by atoms with Crippen LogP contribution in [0.15, 0.2) is 30.3 Å². The van der Waals surface area contributed by atoms with Crippen molar-refractivity contribution in [3.63, 3.8) is 0 Å². The molecular weight excluding hydrogens is 230 g/mol. The summed E-state index contributed by atoms with van der Waals surface area (Å²) >= 11 is 0. The zero-order valence-corrected chi connectivity index (χ0v) is 12.6. The molecule has 0 aliphatic heterocycles. The molecule has 0 amide bonds. The van der Waals surface area contributed by atoms with E-state index >= 15 is 0 Å². The van der Waals surface area contributed by atoms with E-state index in [-0.39, 0.29) is 0 Å². The van der Waals surface area contributed by atoms with Gasteiger partial charge in [-0.25, -0.2) is 0 Å². The molecule has 102 valence electrons. The number of aromatic amines is 1. The lowest BCUT2D eigenvalue weighted by atomic mass is 9.90. The Morgan fingerprint density at radius 3 is 2.63 bits per heavy atom. The Bertz CT molecular complexity index is 574. The number of hydrogen-bond donors (Lipinski definition) is 1. The largest absolute Gasteiger partial charge is 0.355 e. The molecule has 3 rings (SSSR count). The van der Waals surface area contributed by atoms with Gasteiger partial charge in [0.15, 0.2) is 0 Å². The third-order valence-corrected chi connectivity index (χ3v) is 3.80. The van der Waals surface area contributed by atoms with Gasteiger partial charge in [-0.15, -0.1) is 0 Å². The summed E-state index contributed by atoms with van der Waals surface area (Å²) in [6.45, 7) is 8.48. The van der Waals surface area contributed by atoms with Gasteiger partial charge in [-0.3, -0.25) is 0 Å². The lowest BCUT2D eigenvalue weighted by molar-refractivity contribution is 0.533. The minimum Gasteiger partial charge on any atom is -0.355 e. The molecule has 0 fully saturated rings. The van der Waals surface area contributed by atoms with E-state index in [1.165, 1.54) is 47.0 Å². The van der Waals surface area contributed by atoms with Gasteiger partial charge in [0, 0.05) is 16.6 Å². The molecule has 1 heteroatoms. The minimum atomic E-state index is 0.852.